The van der Waals surface area contributed by atoms with Crippen LogP contribution in [0.15, 0.2) is 12.7 Å². The van der Waals surface area contributed by atoms with Gasteiger partial charge in [-0.2, -0.15) is 0 Å². The number of carboxylic acids is 1. The second kappa shape index (κ2) is 10.7. The second-order valence-corrected chi connectivity index (χ2v) is 4.63. The van der Waals surface area contributed by atoms with Crippen LogP contribution in [0.25, 0.3) is 0 Å². The molecule has 0 rings (SSSR count). The van der Waals surface area contributed by atoms with Crippen LogP contribution in [0.5, 0.6) is 0 Å². The third-order valence-electron chi connectivity index (χ3n) is 3.04. The number of aliphatic carboxylic acids is 1. The molecule has 0 saturated heterocycles. The molecule has 0 aromatic heterocycles. The molecule has 2 unspecified atom stereocenters. The summed E-state index contributed by atoms with van der Waals surface area (Å²) in [6, 6.07) is 0. The van der Waals surface area contributed by atoms with E-state index >= 15 is 0 Å². The quantitative estimate of drug-likeness (QED) is 0.284. The molecule has 0 aliphatic carbocycles. The van der Waals surface area contributed by atoms with Gasteiger partial charge in [0.05, 0.1) is 6.61 Å². The van der Waals surface area contributed by atoms with Gasteiger partial charge in [-0.1, -0.05) is 31.8 Å². The number of allylic oxidation sites excluding steroid dienone is 1. The van der Waals surface area contributed by atoms with Crippen LogP contribution in [0.4, 0.5) is 0 Å². The summed E-state index contributed by atoms with van der Waals surface area (Å²) in [6.45, 7) is 2.90. The Morgan fingerprint density at radius 3 is 2.21 bits per heavy atom. The fraction of sp³-hybridized carbons (Fsp3) is 0.714. The molecule has 3 N–H and O–H groups in total. The first kappa shape index (κ1) is 17.8. The number of rotatable bonds is 12. The van der Waals surface area contributed by atoms with Gasteiger partial charge in [-0.3, -0.25) is 9.59 Å². The zero-order valence-corrected chi connectivity index (χ0v) is 11.3. The summed E-state index contributed by atoms with van der Waals surface area (Å²) < 4.78 is 0. The van der Waals surface area contributed by atoms with E-state index in [4.69, 9.17) is 10.2 Å². The highest BCUT2D eigenvalue weighted by Crippen LogP contribution is 2.15. The summed E-state index contributed by atoms with van der Waals surface area (Å²) in [5.41, 5.74) is 0. The lowest BCUT2D eigenvalue weighted by molar-refractivity contribution is -0.150. The van der Waals surface area contributed by atoms with Gasteiger partial charge in [-0.05, 0) is 19.3 Å². The maximum Gasteiger partial charge on any atom is 0.314 e. The zero-order chi connectivity index (χ0) is 14.7. The SMILES string of the molecule is C=CCCCCCCCC(C(=O)O)C(=O)C(O)CO. The molecule has 2 atom stereocenters. The van der Waals surface area contributed by atoms with Crippen LogP contribution in [-0.2, 0) is 9.59 Å². The largest absolute Gasteiger partial charge is 0.481 e. The zero-order valence-electron chi connectivity index (χ0n) is 11.3. The van der Waals surface area contributed by atoms with Crippen LogP contribution in [0, 0.1) is 5.92 Å². The third-order valence-corrected chi connectivity index (χ3v) is 3.04. The average molecular weight is 272 g/mol. The Morgan fingerprint density at radius 2 is 1.68 bits per heavy atom. The maximum absolute atomic E-state index is 11.5. The summed E-state index contributed by atoms with van der Waals surface area (Å²) in [7, 11) is 0. The number of carboxylic acid groups (broad SMARTS) is 1. The van der Waals surface area contributed by atoms with Gasteiger partial charge in [0.2, 0.25) is 0 Å². The molecule has 5 heteroatoms. The van der Waals surface area contributed by atoms with Crippen molar-refractivity contribution in [2.45, 2.75) is 51.0 Å². The van der Waals surface area contributed by atoms with E-state index < -0.39 is 30.4 Å². The molecule has 0 bridgehead atoms. The normalized spacial score (nSPS) is 13.8. The van der Waals surface area contributed by atoms with Crippen molar-refractivity contribution < 1.29 is 24.9 Å². The third kappa shape index (κ3) is 7.74. The molecule has 0 saturated carbocycles. The number of ketones is 1. The molecule has 5 nitrogen and oxygen atoms in total. The van der Waals surface area contributed by atoms with Gasteiger partial charge in [-0.25, -0.2) is 0 Å². The van der Waals surface area contributed by atoms with Crippen molar-refractivity contribution in [3.8, 4) is 0 Å². The van der Waals surface area contributed by atoms with Crippen molar-refractivity contribution in [3.05, 3.63) is 12.7 Å². The van der Waals surface area contributed by atoms with Crippen LogP contribution in [0.1, 0.15) is 44.9 Å². The summed E-state index contributed by atoms with van der Waals surface area (Å²) in [6.07, 6.45) is 6.12. The fourth-order valence-electron chi connectivity index (χ4n) is 1.88. The van der Waals surface area contributed by atoms with E-state index in [-0.39, 0.29) is 6.42 Å². The number of hydrogen-bond donors (Lipinski definition) is 3. The van der Waals surface area contributed by atoms with Gasteiger partial charge in [0.1, 0.15) is 12.0 Å². The summed E-state index contributed by atoms with van der Waals surface area (Å²) >= 11 is 0. The van der Waals surface area contributed by atoms with Crippen LogP contribution in [0.3, 0.4) is 0 Å². The standard InChI is InChI=1S/C14H24O5/c1-2-3-4-5-6-7-8-9-11(14(18)19)13(17)12(16)10-15/h2,11-12,15-16H,1,3-10H2,(H,18,19). The Morgan fingerprint density at radius 1 is 1.11 bits per heavy atom. The monoisotopic (exact) mass is 272 g/mol. The van der Waals surface area contributed by atoms with E-state index in [1.807, 2.05) is 6.08 Å². The Balaban J connectivity index is 3.93. The molecule has 0 aliphatic rings. The molecule has 0 heterocycles. The molecular weight excluding hydrogens is 248 g/mol. The van der Waals surface area contributed by atoms with Crippen molar-refractivity contribution in [3.63, 3.8) is 0 Å². The number of carbonyl (C=O) groups excluding carboxylic acids is 1. The number of Topliss-reactive ketones (excluding diaryl/α,β-unsaturated/α-hetero) is 1. The molecule has 0 spiro atoms. The second-order valence-electron chi connectivity index (χ2n) is 4.63. The van der Waals surface area contributed by atoms with Gasteiger partial charge >= 0.3 is 5.97 Å². The average Bonchev–Trinajstić information content (AvgIpc) is 2.39. The Bertz CT molecular complexity index is 288. The number of aliphatic hydroxyl groups is 2. The highest BCUT2D eigenvalue weighted by atomic mass is 16.4. The van der Waals surface area contributed by atoms with E-state index in [0.717, 1.165) is 32.1 Å². The number of carbonyl (C=O) groups is 2. The maximum atomic E-state index is 11.5. The molecule has 0 radical (unpaired) electrons. The van der Waals surface area contributed by atoms with Crippen LogP contribution >= 0.6 is 0 Å². The molecular formula is C14H24O5. The fourth-order valence-corrected chi connectivity index (χ4v) is 1.88. The Hall–Kier alpha value is -1.20. The predicted octanol–water partition coefficient (Wildman–Crippen LogP) is 1.53. The highest BCUT2D eigenvalue weighted by molar-refractivity contribution is 6.00. The van der Waals surface area contributed by atoms with E-state index in [0.29, 0.717) is 6.42 Å². The Labute approximate surface area is 113 Å². The van der Waals surface area contributed by atoms with Crippen LogP contribution in [-0.4, -0.2) is 39.8 Å². The highest BCUT2D eigenvalue weighted by Gasteiger charge is 2.30. The van der Waals surface area contributed by atoms with Crippen LogP contribution in [0.2, 0.25) is 0 Å². The summed E-state index contributed by atoms with van der Waals surface area (Å²) in [5, 5.41) is 26.8. The predicted molar refractivity (Wildman–Crippen MR) is 71.7 cm³/mol. The van der Waals surface area contributed by atoms with Crippen molar-refractivity contribution >= 4 is 11.8 Å². The van der Waals surface area contributed by atoms with Gasteiger partial charge < -0.3 is 15.3 Å². The van der Waals surface area contributed by atoms with Crippen molar-refractivity contribution in [1.29, 1.82) is 0 Å². The topological polar surface area (TPSA) is 94.8 Å². The Kier molecular flexibility index (Phi) is 10.0. The molecule has 0 amide bonds. The molecule has 0 aromatic rings. The number of unbranched alkanes of at least 4 members (excludes halogenated alkanes) is 5. The minimum atomic E-state index is -1.59. The van der Waals surface area contributed by atoms with Crippen molar-refractivity contribution in [1.82, 2.24) is 0 Å². The summed E-state index contributed by atoms with van der Waals surface area (Å²) in [5.74, 6) is -3.25. The van der Waals surface area contributed by atoms with E-state index in [9.17, 15) is 14.7 Å². The summed E-state index contributed by atoms with van der Waals surface area (Å²) in [4.78, 5) is 22.5. The molecule has 0 fully saturated rings. The van der Waals surface area contributed by atoms with Gasteiger partial charge in [-0.15, -0.1) is 6.58 Å². The minimum Gasteiger partial charge on any atom is -0.481 e. The lowest BCUT2D eigenvalue weighted by Gasteiger charge is -2.14. The first-order valence-corrected chi connectivity index (χ1v) is 6.71. The van der Waals surface area contributed by atoms with Gasteiger partial charge in [0.15, 0.2) is 5.78 Å². The van der Waals surface area contributed by atoms with Crippen molar-refractivity contribution in [2.75, 3.05) is 6.61 Å². The van der Waals surface area contributed by atoms with Gasteiger partial charge in [0, 0.05) is 0 Å². The number of aliphatic hydroxyl groups excluding tert-OH is 2. The first-order chi connectivity index (χ1) is 9.04. The van der Waals surface area contributed by atoms with E-state index in [2.05, 4.69) is 6.58 Å². The van der Waals surface area contributed by atoms with Gasteiger partial charge in [0.25, 0.3) is 0 Å². The number of hydrogen-bond acceptors (Lipinski definition) is 4. The molecule has 110 valence electrons. The first-order valence-electron chi connectivity index (χ1n) is 6.71. The molecule has 0 aromatic carbocycles. The van der Waals surface area contributed by atoms with Crippen LogP contribution < -0.4 is 0 Å². The molecule has 19 heavy (non-hydrogen) atoms. The lowest BCUT2D eigenvalue weighted by Crippen LogP contribution is -2.35. The lowest BCUT2D eigenvalue weighted by atomic mass is 9.93. The smallest absolute Gasteiger partial charge is 0.314 e. The van der Waals surface area contributed by atoms with E-state index in [1.54, 1.807) is 0 Å². The van der Waals surface area contributed by atoms with E-state index in [1.165, 1.54) is 0 Å². The minimum absolute atomic E-state index is 0.215. The molecule has 0 aliphatic heterocycles. The van der Waals surface area contributed by atoms with Crippen molar-refractivity contribution in [2.24, 2.45) is 5.92 Å².